The summed E-state index contributed by atoms with van der Waals surface area (Å²) in [6.45, 7) is 4.01. The molecule has 1 saturated heterocycles. The van der Waals surface area contributed by atoms with Gasteiger partial charge in [0.15, 0.2) is 0 Å². The molecule has 1 spiro atoms. The minimum absolute atomic E-state index is 0.0387. The minimum Gasteiger partial charge on any atom is -0.487 e. The summed E-state index contributed by atoms with van der Waals surface area (Å²) in [7, 11) is 0. The lowest BCUT2D eigenvalue weighted by molar-refractivity contribution is -0.140. The van der Waals surface area contributed by atoms with Gasteiger partial charge in [0.25, 0.3) is 0 Å². The van der Waals surface area contributed by atoms with Crippen molar-refractivity contribution in [2.45, 2.75) is 83.2 Å². The number of unbranched alkanes of at least 4 members (excludes halogenated alkanes) is 1. The standard InChI is InChI=1S/C24H35NO2/c1-2-3-6-19-9-11-21(12-10-19)23(26)25-17-15-24(16-18-25)14-13-20-7-4-5-8-22(20)27-24/h4-5,7-8,19,21H,2-3,6,9-18H2,1H3. The number of benzene rings is 1. The monoisotopic (exact) mass is 369 g/mol. The summed E-state index contributed by atoms with van der Waals surface area (Å²) in [5.74, 6) is 2.64. The number of likely N-dealkylation sites (tertiary alicyclic amines) is 1. The van der Waals surface area contributed by atoms with E-state index in [0.717, 1.165) is 63.3 Å². The average Bonchev–Trinajstić information content (AvgIpc) is 2.73. The quantitative estimate of drug-likeness (QED) is 0.714. The van der Waals surface area contributed by atoms with Crippen LogP contribution in [0, 0.1) is 11.8 Å². The largest absolute Gasteiger partial charge is 0.487 e. The Labute approximate surface area is 164 Å². The van der Waals surface area contributed by atoms with Crippen LogP contribution in [0.3, 0.4) is 0 Å². The number of rotatable bonds is 4. The van der Waals surface area contributed by atoms with Gasteiger partial charge in [-0.2, -0.15) is 0 Å². The molecule has 0 N–H and O–H groups in total. The Kier molecular flexibility index (Phi) is 5.75. The molecule has 2 heterocycles. The highest BCUT2D eigenvalue weighted by Crippen LogP contribution is 2.40. The minimum atomic E-state index is -0.0387. The van der Waals surface area contributed by atoms with Gasteiger partial charge in [-0.1, -0.05) is 44.4 Å². The van der Waals surface area contributed by atoms with E-state index in [0.29, 0.717) is 5.91 Å². The van der Waals surface area contributed by atoms with Crippen molar-refractivity contribution in [2.24, 2.45) is 11.8 Å². The molecule has 1 aliphatic carbocycles. The Morgan fingerprint density at radius 2 is 1.85 bits per heavy atom. The first-order chi connectivity index (χ1) is 13.2. The van der Waals surface area contributed by atoms with E-state index in [1.54, 1.807) is 0 Å². The van der Waals surface area contributed by atoms with Crippen LogP contribution < -0.4 is 4.74 Å². The van der Waals surface area contributed by atoms with Crippen molar-refractivity contribution in [3.8, 4) is 5.75 Å². The fourth-order valence-corrected chi connectivity index (χ4v) is 5.39. The number of carbonyl (C=O) groups is 1. The number of para-hydroxylation sites is 1. The summed E-state index contributed by atoms with van der Waals surface area (Å²) in [6.07, 6.45) is 12.9. The van der Waals surface area contributed by atoms with Crippen molar-refractivity contribution >= 4 is 5.91 Å². The Balaban J connectivity index is 1.28. The third-order valence-corrected chi connectivity index (χ3v) is 7.30. The molecule has 0 unspecified atom stereocenters. The van der Waals surface area contributed by atoms with Gasteiger partial charge in [-0.05, 0) is 56.1 Å². The zero-order valence-electron chi connectivity index (χ0n) is 16.9. The van der Waals surface area contributed by atoms with Crippen molar-refractivity contribution in [3.05, 3.63) is 29.8 Å². The number of fused-ring (bicyclic) bond motifs is 1. The van der Waals surface area contributed by atoms with Crippen molar-refractivity contribution in [1.29, 1.82) is 0 Å². The normalized spacial score (nSPS) is 27.1. The molecule has 27 heavy (non-hydrogen) atoms. The molecule has 2 aliphatic heterocycles. The zero-order chi connectivity index (χ0) is 18.7. The van der Waals surface area contributed by atoms with Gasteiger partial charge >= 0.3 is 0 Å². The zero-order valence-corrected chi connectivity index (χ0v) is 16.9. The number of amides is 1. The Morgan fingerprint density at radius 3 is 2.59 bits per heavy atom. The molecular formula is C24H35NO2. The van der Waals surface area contributed by atoms with E-state index in [4.69, 9.17) is 4.74 Å². The summed E-state index contributed by atoms with van der Waals surface area (Å²) in [5.41, 5.74) is 1.30. The Morgan fingerprint density at radius 1 is 1.11 bits per heavy atom. The summed E-state index contributed by atoms with van der Waals surface area (Å²) >= 11 is 0. The Bertz CT molecular complexity index is 640. The van der Waals surface area contributed by atoms with E-state index in [1.165, 1.54) is 37.7 Å². The van der Waals surface area contributed by atoms with E-state index in [1.807, 2.05) is 0 Å². The summed E-state index contributed by atoms with van der Waals surface area (Å²) in [4.78, 5) is 15.2. The maximum atomic E-state index is 13.0. The summed E-state index contributed by atoms with van der Waals surface area (Å²) < 4.78 is 6.45. The molecule has 1 saturated carbocycles. The first-order valence-electron chi connectivity index (χ1n) is 11.2. The van der Waals surface area contributed by atoms with E-state index in [-0.39, 0.29) is 11.5 Å². The van der Waals surface area contributed by atoms with E-state index in [2.05, 4.69) is 36.1 Å². The lowest BCUT2D eigenvalue weighted by Gasteiger charge is -2.45. The predicted octanol–water partition coefficient (Wildman–Crippen LogP) is 5.37. The van der Waals surface area contributed by atoms with Crippen LogP contribution in [0.2, 0.25) is 0 Å². The number of piperidine rings is 1. The molecule has 4 rings (SSSR count). The van der Waals surface area contributed by atoms with Crippen molar-refractivity contribution in [3.63, 3.8) is 0 Å². The fourth-order valence-electron chi connectivity index (χ4n) is 5.39. The fraction of sp³-hybridized carbons (Fsp3) is 0.708. The summed E-state index contributed by atoms with van der Waals surface area (Å²) in [6, 6.07) is 8.44. The smallest absolute Gasteiger partial charge is 0.225 e. The lowest BCUT2D eigenvalue weighted by atomic mass is 9.78. The third kappa shape index (κ3) is 4.17. The average molecular weight is 370 g/mol. The first-order valence-corrected chi connectivity index (χ1v) is 11.2. The van der Waals surface area contributed by atoms with Crippen molar-refractivity contribution < 1.29 is 9.53 Å². The molecule has 3 nitrogen and oxygen atoms in total. The number of ether oxygens (including phenoxy) is 1. The van der Waals surface area contributed by atoms with Crippen LogP contribution in [0.25, 0.3) is 0 Å². The number of nitrogens with zero attached hydrogens (tertiary/aromatic N) is 1. The first kappa shape index (κ1) is 18.8. The molecule has 0 aromatic heterocycles. The maximum Gasteiger partial charge on any atom is 0.225 e. The van der Waals surface area contributed by atoms with Crippen molar-refractivity contribution in [2.75, 3.05) is 13.1 Å². The molecule has 0 bridgehead atoms. The van der Waals surface area contributed by atoms with Crippen LogP contribution in [-0.2, 0) is 11.2 Å². The number of hydrogen-bond acceptors (Lipinski definition) is 2. The molecule has 0 atom stereocenters. The van der Waals surface area contributed by atoms with Gasteiger partial charge in [-0.3, -0.25) is 4.79 Å². The van der Waals surface area contributed by atoms with Crippen LogP contribution in [-0.4, -0.2) is 29.5 Å². The van der Waals surface area contributed by atoms with Gasteiger partial charge in [0.05, 0.1) is 0 Å². The van der Waals surface area contributed by atoms with Crippen LogP contribution in [0.1, 0.15) is 76.7 Å². The molecule has 2 fully saturated rings. The predicted molar refractivity (Wildman–Crippen MR) is 109 cm³/mol. The van der Waals surface area contributed by atoms with Gasteiger partial charge in [0.1, 0.15) is 11.4 Å². The molecular weight excluding hydrogens is 334 g/mol. The second-order valence-corrected chi connectivity index (χ2v) is 9.08. The molecule has 148 valence electrons. The third-order valence-electron chi connectivity index (χ3n) is 7.30. The SMILES string of the molecule is CCCCC1CCC(C(=O)N2CCC3(CCc4ccccc4O3)CC2)CC1. The number of hydrogen-bond donors (Lipinski definition) is 0. The molecule has 1 aromatic rings. The molecule has 1 amide bonds. The second-order valence-electron chi connectivity index (χ2n) is 9.08. The van der Waals surface area contributed by atoms with Crippen LogP contribution in [0.4, 0.5) is 0 Å². The number of carbonyl (C=O) groups excluding carboxylic acids is 1. The van der Waals surface area contributed by atoms with Crippen LogP contribution >= 0.6 is 0 Å². The topological polar surface area (TPSA) is 29.5 Å². The van der Waals surface area contributed by atoms with Crippen molar-refractivity contribution in [1.82, 2.24) is 4.90 Å². The van der Waals surface area contributed by atoms with E-state index < -0.39 is 0 Å². The van der Waals surface area contributed by atoms with Gasteiger partial charge in [-0.15, -0.1) is 0 Å². The lowest BCUT2D eigenvalue weighted by Crippen LogP contribution is -2.52. The molecule has 0 radical (unpaired) electrons. The number of aryl methyl sites for hydroxylation is 1. The molecule has 3 heteroatoms. The van der Waals surface area contributed by atoms with Gasteiger partial charge in [0, 0.05) is 31.8 Å². The van der Waals surface area contributed by atoms with Crippen LogP contribution in [0.5, 0.6) is 5.75 Å². The van der Waals surface area contributed by atoms with E-state index in [9.17, 15) is 4.79 Å². The molecule has 3 aliphatic rings. The van der Waals surface area contributed by atoms with Gasteiger partial charge < -0.3 is 9.64 Å². The second kappa shape index (κ2) is 8.24. The van der Waals surface area contributed by atoms with E-state index >= 15 is 0 Å². The highest BCUT2D eigenvalue weighted by atomic mass is 16.5. The highest BCUT2D eigenvalue weighted by molar-refractivity contribution is 5.79. The van der Waals surface area contributed by atoms with Gasteiger partial charge in [0.2, 0.25) is 5.91 Å². The molecule has 1 aromatic carbocycles. The maximum absolute atomic E-state index is 13.0. The summed E-state index contributed by atoms with van der Waals surface area (Å²) in [5, 5.41) is 0. The van der Waals surface area contributed by atoms with Gasteiger partial charge in [-0.25, -0.2) is 0 Å². The highest BCUT2D eigenvalue weighted by Gasteiger charge is 2.41. The van der Waals surface area contributed by atoms with Crippen LogP contribution in [0.15, 0.2) is 24.3 Å². The Hall–Kier alpha value is -1.51.